The van der Waals surface area contributed by atoms with Crippen molar-refractivity contribution in [3.63, 3.8) is 0 Å². The number of esters is 1. The largest absolute Gasteiger partial charge is 0.464 e. The van der Waals surface area contributed by atoms with Gasteiger partial charge in [0.15, 0.2) is 0 Å². The third-order valence-electron chi connectivity index (χ3n) is 2.70. The lowest BCUT2D eigenvalue weighted by Gasteiger charge is -2.18. The molecule has 0 aliphatic heterocycles. The fourth-order valence-corrected chi connectivity index (χ4v) is 1.74. The highest BCUT2D eigenvalue weighted by molar-refractivity contribution is 5.79. The number of carbonyl (C=O) groups excluding carboxylic acids is 1. The molecule has 20 heavy (non-hydrogen) atoms. The predicted molar refractivity (Wildman–Crippen MR) is 70.4 cm³/mol. The van der Waals surface area contributed by atoms with Crippen LogP contribution >= 0.6 is 0 Å². The van der Waals surface area contributed by atoms with Gasteiger partial charge in [-0.1, -0.05) is 13.3 Å². The summed E-state index contributed by atoms with van der Waals surface area (Å²) in [5.74, 6) is -0.394. The molecule has 0 aliphatic carbocycles. The van der Waals surface area contributed by atoms with Gasteiger partial charge in [0, 0.05) is 5.69 Å². The van der Waals surface area contributed by atoms with Crippen molar-refractivity contribution >= 4 is 11.7 Å². The smallest absolute Gasteiger partial charge is 0.416 e. The molecule has 0 aromatic heterocycles. The Balaban J connectivity index is 2.76. The van der Waals surface area contributed by atoms with Crippen LogP contribution in [0.25, 0.3) is 0 Å². The number of anilines is 1. The molecule has 0 radical (unpaired) electrons. The molecular formula is C14H18F3NO2. The molecule has 1 N–H and O–H groups in total. The number of hydrogen-bond acceptors (Lipinski definition) is 3. The second-order valence-corrected chi connectivity index (χ2v) is 4.31. The molecule has 0 aliphatic rings. The van der Waals surface area contributed by atoms with E-state index in [0.717, 1.165) is 18.6 Å². The minimum atomic E-state index is -4.36. The topological polar surface area (TPSA) is 38.3 Å². The molecule has 0 heterocycles. The molecule has 1 aromatic carbocycles. The fraction of sp³-hybridized carbons (Fsp3) is 0.500. The minimum Gasteiger partial charge on any atom is -0.464 e. The summed E-state index contributed by atoms with van der Waals surface area (Å²) in [5, 5.41) is 2.90. The maximum atomic E-state index is 12.4. The van der Waals surface area contributed by atoms with Gasteiger partial charge in [-0.3, -0.25) is 0 Å². The van der Waals surface area contributed by atoms with Gasteiger partial charge in [0.2, 0.25) is 0 Å². The SMILES string of the molecule is CCCC(Nc1ccc(C(F)(F)F)cc1)C(=O)OCC. The van der Waals surface area contributed by atoms with Crippen LogP contribution in [0.4, 0.5) is 18.9 Å². The van der Waals surface area contributed by atoms with Crippen molar-refractivity contribution in [1.29, 1.82) is 0 Å². The summed E-state index contributed by atoms with van der Waals surface area (Å²) in [7, 11) is 0. The Labute approximate surface area is 116 Å². The van der Waals surface area contributed by atoms with Crippen molar-refractivity contribution in [2.45, 2.75) is 38.9 Å². The van der Waals surface area contributed by atoms with E-state index in [9.17, 15) is 18.0 Å². The zero-order valence-corrected chi connectivity index (χ0v) is 11.5. The Kier molecular flexibility index (Phi) is 5.85. The van der Waals surface area contributed by atoms with Crippen molar-refractivity contribution in [2.24, 2.45) is 0 Å². The van der Waals surface area contributed by atoms with Gasteiger partial charge in [-0.15, -0.1) is 0 Å². The maximum Gasteiger partial charge on any atom is 0.416 e. The molecule has 1 aromatic rings. The predicted octanol–water partition coefficient (Wildman–Crippen LogP) is 3.85. The average molecular weight is 289 g/mol. The van der Waals surface area contributed by atoms with E-state index < -0.39 is 23.8 Å². The lowest BCUT2D eigenvalue weighted by molar-refractivity contribution is -0.144. The second-order valence-electron chi connectivity index (χ2n) is 4.31. The number of ether oxygens (including phenoxy) is 1. The third-order valence-corrected chi connectivity index (χ3v) is 2.70. The Morgan fingerprint density at radius 3 is 2.30 bits per heavy atom. The molecule has 1 unspecified atom stereocenters. The van der Waals surface area contributed by atoms with E-state index in [4.69, 9.17) is 4.74 Å². The van der Waals surface area contributed by atoms with E-state index in [0.29, 0.717) is 12.1 Å². The average Bonchev–Trinajstić information content (AvgIpc) is 2.38. The van der Waals surface area contributed by atoms with Gasteiger partial charge in [-0.05, 0) is 37.6 Å². The normalized spacial score (nSPS) is 12.8. The van der Waals surface area contributed by atoms with Gasteiger partial charge >= 0.3 is 12.1 Å². The molecule has 1 atom stereocenters. The van der Waals surface area contributed by atoms with E-state index in [1.54, 1.807) is 6.92 Å². The van der Waals surface area contributed by atoms with Crippen molar-refractivity contribution < 1.29 is 22.7 Å². The quantitative estimate of drug-likeness (QED) is 0.808. The summed E-state index contributed by atoms with van der Waals surface area (Å²) in [6.07, 6.45) is -3.04. The molecule has 1 rings (SSSR count). The Hall–Kier alpha value is -1.72. The molecule has 0 saturated heterocycles. The molecule has 0 saturated carbocycles. The second kappa shape index (κ2) is 7.17. The number of nitrogens with one attached hydrogen (secondary N) is 1. The lowest BCUT2D eigenvalue weighted by atomic mass is 10.1. The van der Waals surface area contributed by atoms with Crippen LogP contribution in [0, 0.1) is 0 Å². The Morgan fingerprint density at radius 1 is 1.25 bits per heavy atom. The van der Waals surface area contributed by atoms with E-state index in [1.807, 2.05) is 6.92 Å². The fourth-order valence-electron chi connectivity index (χ4n) is 1.74. The van der Waals surface area contributed by atoms with Crippen LogP contribution in [0.3, 0.4) is 0 Å². The maximum absolute atomic E-state index is 12.4. The molecule has 0 fully saturated rings. The lowest BCUT2D eigenvalue weighted by Crippen LogP contribution is -2.31. The number of rotatable bonds is 6. The van der Waals surface area contributed by atoms with Crippen LogP contribution in [-0.2, 0) is 15.7 Å². The van der Waals surface area contributed by atoms with Gasteiger partial charge < -0.3 is 10.1 Å². The number of halogens is 3. The van der Waals surface area contributed by atoms with Crippen molar-refractivity contribution in [1.82, 2.24) is 0 Å². The highest BCUT2D eigenvalue weighted by Crippen LogP contribution is 2.30. The molecular weight excluding hydrogens is 271 g/mol. The van der Waals surface area contributed by atoms with E-state index in [2.05, 4.69) is 5.32 Å². The van der Waals surface area contributed by atoms with Crippen LogP contribution < -0.4 is 5.32 Å². The molecule has 6 heteroatoms. The van der Waals surface area contributed by atoms with Crippen LogP contribution in [0.5, 0.6) is 0 Å². The molecule has 0 amide bonds. The monoisotopic (exact) mass is 289 g/mol. The van der Waals surface area contributed by atoms with Gasteiger partial charge in [-0.2, -0.15) is 13.2 Å². The summed E-state index contributed by atoms with van der Waals surface area (Å²) in [5.41, 5.74) is -0.254. The number of hydrogen-bond donors (Lipinski definition) is 1. The van der Waals surface area contributed by atoms with Gasteiger partial charge in [0.25, 0.3) is 0 Å². The van der Waals surface area contributed by atoms with Crippen molar-refractivity contribution in [3.8, 4) is 0 Å². The standard InChI is InChI=1S/C14H18F3NO2/c1-3-5-12(13(19)20-4-2)18-11-8-6-10(7-9-11)14(15,16)17/h6-9,12,18H,3-5H2,1-2H3. The first-order chi connectivity index (χ1) is 9.38. The van der Waals surface area contributed by atoms with Crippen LogP contribution in [0.1, 0.15) is 32.3 Å². The number of alkyl halides is 3. The summed E-state index contributed by atoms with van der Waals surface area (Å²) < 4.78 is 42.2. The van der Waals surface area contributed by atoms with Gasteiger partial charge in [0.1, 0.15) is 6.04 Å². The van der Waals surface area contributed by atoms with E-state index in [-0.39, 0.29) is 6.61 Å². The number of benzene rings is 1. The summed E-state index contributed by atoms with van der Waals surface area (Å²) in [4.78, 5) is 11.7. The van der Waals surface area contributed by atoms with Crippen LogP contribution in [0.15, 0.2) is 24.3 Å². The zero-order chi connectivity index (χ0) is 15.2. The summed E-state index contributed by atoms with van der Waals surface area (Å²) in [6, 6.07) is 4.04. The third kappa shape index (κ3) is 4.75. The molecule has 112 valence electrons. The summed E-state index contributed by atoms with van der Waals surface area (Å²) in [6.45, 7) is 3.90. The molecule has 0 bridgehead atoms. The van der Waals surface area contributed by atoms with Gasteiger partial charge in [-0.25, -0.2) is 4.79 Å². The highest BCUT2D eigenvalue weighted by atomic mass is 19.4. The van der Waals surface area contributed by atoms with Crippen LogP contribution in [-0.4, -0.2) is 18.6 Å². The Bertz CT molecular complexity index is 429. The molecule has 0 spiro atoms. The summed E-state index contributed by atoms with van der Waals surface area (Å²) >= 11 is 0. The minimum absolute atomic E-state index is 0.272. The first kappa shape index (κ1) is 16.3. The van der Waals surface area contributed by atoms with Crippen molar-refractivity contribution in [3.05, 3.63) is 29.8 Å². The Morgan fingerprint density at radius 2 is 1.85 bits per heavy atom. The highest BCUT2D eigenvalue weighted by Gasteiger charge is 2.30. The zero-order valence-electron chi connectivity index (χ0n) is 11.5. The molecule has 3 nitrogen and oxygen atoms in total. The van der Waals surface area contributed by atoms with Crippen LogP contribution in [0.2, 0.25) is 0 Å². The van der Waals surface area contributed by atoms with Gasteiger partial charge in [0.05, 0.1) is 12.2 Å². The first-order valence-corrected chi connectivity index (χ1v) is 6.49. The van der Waals surface area contributed by atoms with Crippen molar-refractivity contribution in [2.75, 3.05) is 11.9 Å². The first-order valence-electron chi connectivity index (χ1n) is 6.49. The van der Waals surface area contributed by atoms with E-state index in [1.165, 1.54) is 12.1 Å². The number of carbonyl (C=O) groups is 1. The van der Waals surface area contributed by atoms with E-state index >= 15 is 0 Å².